The van der Waals surface area contributed by atoms with Crippen LogP contribution in [0.25, 0.3) is 0 Å². The first-order valence-corrected chi connectivity index (χ1v) is 5.45. The Bertz CT molecular complexity index is 569. The second kappa shape index (κ2) is 5.21. The Labute approximate surface area is 112 Å². The molecule has 3 rings (SSSR count). The van der Waals surface area contributed by atoms with E-state index in [4.69, 9.17) is 0 Å². The van der Waals surface area contributed by atoms with Crippen molar-refractivity contribution in [1.82, 2.24) is 5.32 Å². The molecule has 1 unspecified atom stereocenters. The highest BCUT2D eigenvalue weighted by atomic mass is 35.5. The van der Waals surface area contributed by atoms with Crippen molar-refractivity contribution in [2.24, 2.45) is 4.99 Å². The van der Waals surface area contributed by atoms with Crippen LogP contribution in [0.15, 0.2) is 53.5 Å². The molecule has 0 saturated carbocycles. The molecule has 1 aliphatic heterocycles. The largest absolute Gasteiger partial charge is 0.384 e. The number of halogens is 1. The molecule has 0 bridgehead atoms. The van der Waals surface area contributed by atoms with Crippen molar-refractivity contribution in [3.8, 4) is 0 Å². The molecule has 0 aliphatic carbocycles. The zero-order valence-corrected chi connectivity index (χ0v) is 10.3. The van der Waals surface area contributed by atoms with Gasteiger partial charge in [-0.1, -0.05) is 36.4 Å². The summed E-state index contributed by atoms with van der Waals surface area (Å²) in [6.45, 7) is 0. The van der Waals surface area contributed by atoms with Crippen molar-refractivity contribution in [2.75, 3.05) is 0 Å². The van der Waals surface area contributed by atoms with Crippen LogP contribution in [0.2, 0.25) is 0 Å². The molecule has 0 fully saturated rings. The van der Waals surface area contributed by atoms with E-state index in [0.717, 1.165) is 22.5 Å². The smallest absolute Gasteiger partial charge is 0.116 e. The van der Waals surface area contributed by atoms with Gasteiger partial charge in [-0.15, -0.1) is 12.4 Å². The molecule has 4 heteroatoms. The molecule has 1 radical (unpaired) electrons. The van der Waals surface area contributed by atoms with Crippen molar-refractivity contribution < 1.29 is 5.11 Å². The molecular formula is C14H12ClN2O. The summed E-state index contributed by atoms with van der Waals surface area (Å²) in [7, 11) is 0. The van der Waals surface area contributed by atoms with Crippen LogP contribution in [0.1, 0.15) is 17.2 Å². The first-order valence-electron chi connectivity index (χ1n) is 5.45. The lowest BCUT2D eigenvalue weighted by Crippen LogP contribution is -1.99. The molecule has 0 amide bonds. The van der Waals surface area contributed by atoms with E-state index < -0.39 is 6.10 Å². The van der Waals surface area contributed by atoms with E-state index in [9.17, 15) is 5.11 Å². The number of aliphatic imine (C=N–C) groups is 1. The highest BCUT2D eigenvalue weighted by Gasteiger charge is 2.14. The van der Waals surface area contributed by atoms with Crippen LogP contribution in [0.3, 0.4) is 0 Å². The van der Waals surface area contributed by atoms with Gasteiger partial charge in [0.2, 0.25) is 0 Å². The Morgan fingerprint density at radius 2 is 1.67 bits per heavy atom. The summed E-state index contributed by atoms with van der Waals surface area (Å²) >= 11 is 0. The Morgan fingerprint density at radius 1 is 0.889 bits per heavy atom. The van der Waals surface area contributed by atoms with E-state index in [1.807, 2.05) is 48.5 Å². The summed E-state index contributed by atoms with van der Waals surface area (Å²) in [5, 5.41) is 14.4. The van der Waals surface area contributed by atoms with Crippen molar-refractivity contribution >= 4 is 30.1 Å². The summed E-state index contributed by atoms with van der Waals surface area (Å²) in [6.07, 6.45) is 0.917. The van der Waals surface area contributed by atoms with Gasteiger partial charge in [0.05, 0.1) is 11.4 Å². The molecule has 3 nitrogen and oxygen atoms in total. The van der Waals surface area contributed by atoms with Crippen LogP contribution >= 0.6 is 12.4 Å². The maximum absolute atomic E-state index is 10.2. The fourth-order valence-corrected chi connectivity index (χ4v) is 1.90. The van der Waals surface area contributed by atoms with Gasteiger partial charge in [-0.2, -0.15) is 0 Å². The van der Waals surface area contributed by atoms with Crippen LogP contribution in [0.5, 0.6) is 0 Å². The number of aliphatic hydroxyl groups is 1. The Hall–Kier alpha value is -1.84. The third kappa shape index (κ3) is 2.23. The third-order valence-electron chi connectivity index (χ3n) is 2.82. The van der Waals surface area contributed by atoms with Gasteiger partial charge >= 0.3 is 0 Å². The molecule has 0 aromatic heterocycles. The van der Waals surface area contributed by atoms with Gasteiger partial charge in [0.25, 0.3) is 0 Å². The van der Waals surface area contributed by atoms with E-state index in [1.54, 1.807) is 0 Å². The maximum Gasteiger partial charge on any atom is 0.116 e. The van der Waals surface area contributed by atoms with Gasteiger partial charge < -0.3 is 5.11 Å². The molecule has 2 aromatic carbocycles. The highest BCUT2D eigenvalue weighted by molar-refractivity contribution is 5.85. The van der Waals surface area contributed by atoms with Crippen LogP contribution in [-0.2, 0) is 0 Å². The molecule has 18 heavy (non-hydrogen) atoms. The number of fused-ring (bicyclic) bond motifs is 1. The summed E-state index contributed by atoms with van der Waals surface area (Å²) in [5.74, 6) is 0. The monoisotopic (exact) mass is 259 g/mol. The second-order valence-corrected chi connectivity index (χ2v) is 3.94. The Kier molecular flexibility index (Phi) is 3.65. The van der Waals surface area contributed by atoms with Crippen molar-refractivity contribution in [3.05, 3.63) is 59.7 Å². The standard InChI is InChI=1S/C14H11N2O.ClH/c17-14(10-4-2-1-3-5-10)11-6-7-12-13(8-11)16-9-15-12;/h1-9,14,17H;1H. The highest BCUT2D eigenvalue weighted by Crippen LogP contribution is 2.32. The Morgan fingerprint density at radius 3 is 2.44 bits per heavy atom. The van der Waals surface area contributed by atoms with Crippen molar-refractivity contribution in [2.45, 2.75) is 6.10 Å². The first-order chi connectivity index (χ1) is 8.34. The van der Waals surface area contributed by atoms with Gasteiger partial charge in [-0.3, -0.25) is 0 Å². The lowest BCUT2D eigenvalue weighted by Gasteiger charge is -2.12. The molecule has 0 spiro atoms. The quantitative estimate of drug-likeness (QED) is 0.885. The lowest BCUT2D eigenvalue weighted by atomic mass is 10.0. The van der Waals surface area contributed by atoms with Gasteiger partial charge in [0, 0.05) is 0 Å². The minimum absolute atomic E-state index is 0. The second-order valence-electron chi connectivity index (χ2n) is 3.94. The first kappa shape index (κ1) is 12.6. The van der Waals surface area contributed by atoms with Gasteiger partial charge in [0.15, 0.2) is 0 Å². The minimum Gasteiger partial charge on any atom is -0.384 e. The summed E-state index contributed by atoms with van der Waals surface area (Å²) < 4.78 is 0. The molecule has 1 aliphatic rings. The van der Waals surface area contributed by atoms with Crippen LogP contribution in [0.4, 0.5) is 11.4 Å². The van der Waals surface area contributed by atoms with Gasteiger partial charge in [0.1, 0.15) is 12.4 Å². The Balaban J connectivity index is 0.00000120. The molecule has 1 heterocycles. The summed E-state index contributed by atoms with van der Waals surface area (Å²) in [4.78, 5) is 4.10. The van der Waals surface area contributed by atoms with E-state index in [2.05, 4.69) is 10.3 Å². The lowest BCUT2D eigenvalue weighted by molar-refractivity contribution is 0.220. The minimum atomic E-state index is -0.614. The van der Waals surface area contributed by atoms with E-state index in [0.29, 0.717) is 0 Å². The summed E-state index contributed by atoms with van der Waals surface area (Å²) in [5.41, 5.74) is 3.39. The molecular weight excluding hydrogens is 248 g/mol. The van der Waals surface area contributed by atoms with Crippen molar-refractivity contribution in [1.29, 1.82) is 0 Å². The van der Waals surface area contributed by atoms with Crippen LogP contribution in [-0.4, -0.2) is 11.4 Å². The molecule has 2 aromatic rings. The topological polar surface area (TPSA) is 46.7 Å². The average molecular weight is 260 g/mol. The van der Waals surface area contributed by atoms with E-state index in [-0.39, 0.29) is 12.4 Å². The van der Waals surface area contributed by atoms with Crippen LogP contribution < -0.4 is 5.32 Å². The number of nitrogens with zero attached hydrogens (tertiary/aromatic N) is 2. The zero-order valence-electron chi connectivity index (χ0n) is 9.52. The fraction of sp³-hybridized carbons (Fsp3) is 0.0714. The fourth-order valence-electron chi connectivity index (χ4n) is 1.90. The van der Waals surface area contributed by atoms with E-state index in [1.165, 1.54) is 6.34 Å². The number of benzene rings is 2. The predicted octanol–water partition coefficient (Wildman–Crippen LogP) is 3.10. The van der Waals surface area contributed by atoms with Crippen LogP contribution in [0, 0.1) is 0 Å². The number of aliphatic hydroxyl groups excluding tert-OH is 1. The number of hydrogen-bond donors (Lipinski definition) is 1. The average Bonchev–Trinajstić information content (AvgIpc) is 2.86. The van der Waals surface area contributed by atoms with Gasteiger partial charge in [-0.25, -0.2) is 10.3 Å². The molecule has 1 atom stereocenters. The number of rotatable bonds is 2. The molecule has 1 N–H and O–H groups in total. The van der Waals surface area contributed by atoms with Crippen molar-refractivity contribution in [3.63, 3.8) is 0 Å². The number of hydrogen-bond acceptors (Lipinski definition) is 2. The SMILES string of the molecule is Cl.OC(c1ccccc1)c1ccc2c(c1)[N]C=N2. The third-order valence-corrected chi connectivity index (χ3v) is 2.82. The summed E-state index contributed by atoms with van der Waals surface area (Å²) in [6, 6.07) is 15.2. The molecule has 91 valence electrons. The predicted molar refractivity (Wildman–Crippen MR) is 74.1 cm³/mol. The molecule has 0 saturated heterocycles. The van der Waals surface area contributed by atoms with E-state index >= 15 is 0 Å². The van der Waals surface area contributed by atoms with Gasteiger partial charge in [-0.05, 0) is 23.3 Å². The normalized spacial score (nSPS) is 13.4. The maximum atomic E-state index is 10.2. The zero-order chi connectivity index (χ0) is 11.7.